The number of nitro groups is 1. The van der Waals surface area contributed by atoms with E-state index in [0.29, 0.717) is 5.56 Å². The zero-order chi connectivity index (χ0) is 11.4. The second kappa shape index (κ2) is 4.81. The van der Waals surface area contributed by atoms with Gasteiger partial charge in [-0.3, -0.25) is 10.1 Å². The minimum absolute atomic E-state index is 0.264. The van der Waals surface area contributed by atoms with E-state index < -0.39 is 22.5 Å². The second-order valence-electron chi connectivity index (χ2n) is 3.06. The van der Waals surface area contributed by atoms with Gasteiger partial charge in [0.1, 0.15) is 0 Å². The molecule has 0 aliphatic heterocycles. The van der Waals surface area contributed by atoms with Crippen molar-refractivity contribution in [2.75, 3.05) is 6.54 Å². The van der Waals surface area contributed by atoms with Crippen molar-refractivity contribution in [3.05, 3.63) is 39.7 Å². The summed E-state index contributed by atoms with van der Waals surface area (Å²) in [5.74, 6) is -0.950. The first-order valence-electron chi connectivity index (χ1n) is 4.38. The van der Waals surface area contributed by atoms with Crippen LogP contribution in [0.5, 0.6) is 0 Å². The van der Waals surface area contributed by atoms with E-state index >= 15 is 0 Å². The number of benzene rings is 1. The number of nitro benzene ring substituents is 1. The molecular formula is C9H11FN2O3. The largest absolute Gasteiger partial charge is 0.388 e. The Hall–Kier alpha value is -1.53. The fraction of sp³-hybridized carbons (Fsp3) is 0.333. The maximum atomic E-state index is 13.1. The van der Waals surface area contributed by atoms with Crippen molar-refractivity contribution in [1.29, 1.82) is 0 Å². The van der Waals surface area contributed by atoms with Crippen LogP contribution in [0.3, 0.4) is 0 Å². The minimum atomic E-state index is -0.950. The van der Waals surface area contributed by atoms with Gasteiger partial charge >= 0.3 is 5.69 Å². The molecule has 0 aromatic heterocycles. The maximum Gasteiger partial charge on any atom is 0.304 e. The summed E-state index contributed by atoms with van der Waals surface area (Å²) in [6, 6.07) is 3.31. The maximum absolute atomic E-state index is 13.1. The van der Waals surface area contributed by atoms with Gasteiger partial charge < -0.3 is 10.8 Å². The van der Waals surface area contributed by atoms with Gasteiger partial charge in [0, 0.05) is 6.07 Å². The molecule has 0 bridgehead atoms. The molecule has 1 aromatic rings. The van der Waals surface area contributed by atoms with E-state index in [-0.39, 0.29) is 13.0 Å². The van der Waals surface area contributed by atoms with Crippen LogP contribution >= 0.6 is 0 Å². The van der Waals surface area contributed by atoms with Crippen molar-refractivity contribution >= 4 is 5.69 Å². The molecule has 0 unspecified atom stereocenters. The van der Waals surface area contributed by atoms with E-state index in [1.807, 2.05) is 0 Å². The minimum Gasteiger partial charge on any atom is -0.388 e. The Kier molecular flexibility index (Phi) is 3.70. The van der Waals surface area contributed by atoms with E-state index in [1.54, 1.807) is 0 Å². The van der Waals surface area contributed by atoms with Crippen LogP contribution in [0.1, 0.15) is 18.1 Å². The molecule has 82 valence electrons. The molecule has 15 heavy (non-hydrogen) atoms. The molecule has 1 aromatic carbocycles. The second-order valence-corrected chi connectivity index (χ2v) is 3.06. The average Bonchev–Trinajstić information content (AvgIpc) is 2.17. The number of hydrogen-bond donors (Lipinski definition) is 2. The van der Waals surface area contributed by atoms with Crippen LogP contribution in [0.15, 0.2) is 18.2 Å². The van der Waals surface area contributed by atoms with Crippen molar-refractivity contribution < 1.29 is 14.4 Å². The van der Waals surface area contributed by atoms with Gasteiger partial charge in [0.15, 0.2) is 0 Å². The zero-order valence-electron chi connectivity index (χ0n) is 7.89. The Labute approximate surface area is 85.5 Å². The number of halogens is 1. The van der Waals surface area contributed by atoms with E-state index in [0.717, 1.165) is 12.1 Å². The zero-order valence-corrected chi connectivity index (χ0v) is 7.89. The lowest BCUT2D eigenvalue weighted by atomic mass is 10.1. The summed E-state index contributed by atoms with van der Waals surface area (Å²) >= 11 is 0. The molecule has 1 rings (SSSR count). The van der Waals surface area contributed by atoms with E-state index in [4.69, 9.17) is 5.73 Å². The third-order valence-electron chi connectivity index (χ3n) is 1.99. The van der Waals surface area contributed by atoms with Gasteiger partial charge in [-0.05, 0) is 30.7 Å². The first kappa shape index (κ1) is 11.5. The summed E-state index contributed by atoms with van der Waals surface area (Å²) < 4.78 is 13.1. The van der Waals surface area contributed by atoms with Gasteiger partial charge in [0.2, 0.25) is 5.82 Å². The predicted molar refractivity (Wildman–Crippen MR) is 51.7 cm³/mol. The summed E-state index contributed by atoms with van der Waals surface area (Å²) in [7, 11) is 0. The fourth-order valence-corrected chi connectivity index (χ4v) is 1.20. The van der Waals surface area contributed by atoms with Crippen LogP contribution in [-0.4, -0.2) is 16.6 Å². The molecule has 0 fully saturated rings. The Balaban J connectivity index is 2.96. The molecule has 6 heteroatoms. The van der Waals surface area contributed by atoms with Gasteiger partial charge in [0.05, 0.1) is 11.0 Å². The van der Waals surface area contributed by atoms with Gasteiger partial charge in [0.25, 0.3) is 0 Å². The van der Waals surface area contributed by atoms with Crippen LogP contribution in [0.4, 0.5) is 10.1 Å². The number of nitrogens with zero attached hydrogens (tertiary/aromatic N) is 1. The lowest BCUT2D eigenvalue weighted by molar-refractivity contribution is -0.387. The first-order valence-corrected chi connectivity index (χ1v) is 4.38. The molecule has 1 atom stereocenters. The van der Waals surface area contributed by atoms with Crippen molar-refractivity contribution in [1.82, 2.24) is 0 Å². The lowest BCUT2D eigenvalue weighted by Crippen LogP contribution is -2.07. The third kappa shape index (κ3) is 2.71. The molecular weight excluding hydrogens is 203 g/mol. The summed E-state index contributed by atoms with van der Waals surface area (Å²) in [6.45, 7) is 0.264. The highest BCUT2D eigenvalue weighted by Gasteiger charge is 2.16. The summed E-state index contributed by atoms with van der Waals surface area (Å²) in [5.41, 5.74) is 4.92. The van der Waals surface area contributed by atoms with Crippen LogP contribution in [0, 0.1) is 15.9 Å². The van der Waals surface area contributed by atoms with Crippen molar-refractivity contribution in [3.8, 4) is 0 Å². The predicted octanol–water partition coefficient (Wildman–Crippen LogP) is 1.12. The van der Waals surface area contributed by atoms with Crippen LogP contribution in [-0.2, 0) is 0 Å². The number of rotatable bonds is 4. The molecule has 0 saturated heterocycles. The van der Waals surface area contributed by atoms with Crippen molar-refractivity contribution in [3.63, 3.8) is 0 Å². The topological polar surface area (TPSA) is 89.4 Å². The lowest BCUT2D eigenvalue weighted by Gasteiger charge is -2.08. The SMILES string of the molecule is NCC[C@H](O)c1ccc([N+](=O)[O-])c(F)c1. The Bertz CT molecular complexity index is 370. The summed E-state index contributed by atoms with van der Waals surface area (Å²) in [4.78, 5) is 9.50. The highest BCUT2D eigenvalue weighted by atomic mass is 19.1. The van der Waals surface area contributed by atoms with E-state index in [2.05, 4.69) is 0 Å². The molecule has 5 nitrogen and oxygen atoms in total. The van der Waals surface area contributed by atoms with E-state index in [9.17, 15) is 19.6 Å². The molecule has 0 radical (unpaired) electrons. The first-order chi connectivity index (χ1) is 7.06. The molecule has 0 aliphatic rings. The Morgan fingerprint density at radius 3 is 2.73 bits per heavy atom. The number of hydrogen-bond acceptors (Lipinski definition) is 4. The molecule has 0 saturated carbocycles. The van der Waals surface area contributed by atoms with Crippen molar-refractivity contribution in [2.24, 2.45) is 5.73 Å². The summed E-state index contributed by atoms with van der Waals surface area (Å²) in [5, 5.41) is 19.8. The standard InChI is InChI=1S/C9H11FN2O3/c10-7-5-6(9(13)3-4-11)1-2-8(7)12(14)15/h1-2,5,9,13H,3-4,11H2/t9-/m0/s1. The third-order valence-corrected chi connectivity index (χ3v) is 1.99. The van der Waals surface area contributed by atoms with Gasteiger partial charge in [-0.25, -0.2) is 0 Å². The quantitative estimate of drug-likeness (QED) is 0.580. The van der Waals surface area contributed by atoms with Crippen LogP contribution < -0.4 is 5.73 Å². The fourth-order valence-electron chi connectivity index (χ4n) is 1.20. The smallest absolute Gasteiger partial charge is 0.304 e. The highest BCUT2D eigenvalue weighted by Crippen LogP contribution is 2.23. The van der Waals surface area contributed by atoms with Crippen LogP contribution in [0.2, 0.25) is 0 Å². The molecule has 3 N–H and O–H groups in total. The number of aliphatic hydroxyl groups excluding tert-OH is 1. The molecule has 0 amide bonds. The monoisotopic (exact) mass is 214 g/mol. The van der Waals surface area contributed by atoms with Gasteiger partial charge in [-0.15, -0.1) is 0 Å². The molecule has 0 heterocycles. The Morgan fingerprint density at radius 1 is 1.60 bits per heavy atom. The van der Waals surface area contributed by atoms with Gasteiger partial charge in [-0.1, -0.05) is 0 Å². The van der Waals surface area contributed by atoms with Crippen molar-refractivity contribution in [2.45, 2.75) is 12.5 Å². The average molecular weight is 214 g/mol. The van der Waals surface area contributed by atoms with E-state index in [1.165, 1.54) is 6.07 Å². The normalized spacial score (nSPS) is 12.5. The number of nitrogens with two attached hydrogens (primary N) is 1. The number of aliphatic hydroxyl groups is 1. The Morgan fingerprint density at radius 2 is 2.27 bits per heavy atom. The van der Waals surface area contributed by atoms with Crippen LogP contribution in [0.25, 0.3) is 0 Å². The highest BCUT2D eigenvalue weighted by molar-refractivity contribution is 5.35. The molecule has 0 aliphatic carbocycles. The van der Waals surface area contributed by atoms with Gasteiger partial charge in [-0.2, -0.15) is 4.39 Å². The molecule has 0 spiro atoms. The summed E-state index contributed by atoms with van der Waals surface area (Å²) in [6.07, 6.45) is -0.595.